The standard InChI is InChI=1S/C28H27N3O3S/c1-3-32-21-12-8-19(9-13-21)24-16-17-25(34-24)27-26(23-7-5-6-18-29-23)30-28(35)31(27)20-10-14-22(15-11-20)33-4-2/h5-18,26-27H,3-4H2,1-2H3,(H,30,35)/t26-,27+/m1/s1. The van der Waals surface area contributed by atoms with Gasteiger partial charge in [-0.05, 0) is 98.9 Å². The van der Waals surface area contributed by atoms with Gasteiger partial charge in [0.05, 0.1) is 24.9 Å². The van der Waals surface area contributed by atoms with E-state index in [1.54, 1.807) is 6.20 Å². The zero-order valence-electron chi connectivity index (χ0n) is 19.7. The Morgan fingerprint density at radius 2 is 1.57 bits per heavy atom. The second kappa shape index (κ2) is 10.2. The summed E-state index contributed by atoms with van der Waals surface area (Å²) in [5.41, 5.74) is 2.83. The van der Waals surface area contributed by atoms with Gasteiger partial charge in [-0.25, -0.2) is 0 Å². The molecule has 0 bridgehead atoms. The third kappa shape index (κ3) is 4.72. The van der Waals surface area contributed by atoms with Crippen molar-refractivity contribution in [3.05, 3.63) is 96.5 Å². The van der Waals surface area contributed by atoms with Crippen molar-refractivity contribution in [2.45, 2.75) is 25.9 Å². The predicted octanol–water partition coefficient (Wildman–Crippen LogP) is 6.32. The number of benzene rings is 2. The molecule has 1 saturated heterocycles. The minimum Gasteiger partial charge on any atom is -0.494 e. The van der Waals surface area contributed by atoms with Gasteiger partial charge >= 0.3 is 0 Å². The van der Waals surface area contributed by atoms with Crippen molar-refractivity contribution in [1.82, 2.24) is 10.3 Å². The zero-order chi connectivity index (χ0) is 24.2. The van der Waals surface area contributed by atoms with Crippen LogP contribution in [-0.2, 0) is 0 Å². The molecular weight excluding hydrogens is 458 g/mol. The lowest BCUT2D eigenvalue weighted by Crippen LogP contribution is -2.29. The molecule has 2 aromatic carbocycles. The van der Waals surface area contributed by atoms with Crippen molar-refractivity contribution in [1.29, 1.82) is 0 Å². The van der Waals surface area contributed by atoms with Gasteiger partial charge in [-0.3, -0.25) is 4.98 Å². The normalized spacial score (nSPS) is 17.3. The van der Waals surface area contributed by atoms with Crippen LogP contribution in [-0.4, -0.2) is 23.3 Å². The summed E-state index contributed by atoms with van der Waals surface area (Å²) in [7, 11) is 0. The Labute approximate surface area is 210 Å². The Morgan fingerprint density at radius 3 is 2.20 bits per heavy atom. The van der Waals surface area contributed by atoms with Crippen molar-refractivity contribution >= 4 is 23.0 Å². The maximum atomic E-state index is 6.43. The summed E-state index contributed by atoms with van der Waals surface area (Å²) >= 11 is 5.80. The van der Waals surface area contributed by atoms with Crippen LogP contribution < -0.4 is 19.7 Å². The summed E-state index contributed by atoms with van der Waals surface area (Å²) in [6, 6.07) is 25.4. The largest absolute Gasteiger partial charge is 0.494 e. The second-order valence-corrected chi connectivity index (χ2v) is 8.47. The van der Waals surface area contributed by atoms with E-state index in [4.69, 9.17) is 26.1 Å². The Morgan fingerprint density at radius 1 is 0.886 bits per heavy atom. The molecule has 0 radical (unpaired) electrons. The number of nitrogens with one attached hydrogen (secondary N) is 1. The number of pyridine rings is 1. The molecule has 0 unspecified atom stereocenters. The molecule has 1 N–H and O–H groups in total. The van der Waals surface area contributed by atoms with Crippen molar-refractivity contribution in [2.75, 3.05) is 18.1 Å². The van der Waals surface area contributed by atoms with Gasteiger partial charge < -0.3 is 24.1 Å². The molecular formula is C28H27N3O3S. The third-order valence-electron chi connectivity index (χ3n) is 5.89. The fourth-order valence-corrected chi connectivity index (χ4v) is 4.69. The van der Waals surface area contributed by atoms with E-state index in [9.17, 15) is 0 Å². The van der Waals surface area contributed by atoms with Crippen molar-refractivity contribution in [2.24, 2.45) is 0 Å². The molecule has 178 valence electrons. The number of aromatic nitrogens is 1. The van der Waals surface area contributed by atoms with Crippen LogP contribution in [0.5, 0.6) is 11.5 Å². The first-order chi connectivity index (χ1) is 17.2. The molecule has 0 amide bonds. The Hall–Kier alpha value is -3.84. The van der Waals surface area contributed by atoms with E-state index in [1.165, 1.54) is 0 Å². The maximum Gasteiger partial charge on any atom is 0.174 e. The monoisotopic (exact) mass is 485 g/mol. The average molecular weight is 486 g/mol. The Bertz CT molecular complexity index is 1270. The summed E-state index contributed by atoms with van der Waals surface area (Å²) in [6.45, 7) is 5.20. The number of furan rings is 1. The first-order valence-corrected chi connectivity index (χ1v) is 12.1. The molecule has 2 aromatic heterocycles. The lowest BCUT2D eigenvalue weighted by Gasteiger charge is -2.26. The minimum absolute atomic E-state index is 0.172. The molecule has 0 aliphatic carbocycles. The molecule has 3 heterocycles. The van der Waals surface area contributed by atoms with Crippen LogP contribution in [0.25, 0.3) is 11.3 Å². The average Bonchev–Trinajstić information content (AvgIpc) is 3.51. The summed E-state index contributed by atoms with van der Waals surface area (Å²) in [5.74, 6) is 3.24. The molecule has 1 aliphatic rings. The van der Waals surface area contributed by atoms with E-state index >= 15 is 0 Å². The lowest BCUT2D eigenvalue weighted by molar-refractivity contribution is 0.340. The molecule has 0 saturated carbocycles. The molecule has 1 fully saturated rings. The van der Waals surface area contributed by atoms with Crippen LogP contribution in [0.1, 0.15) is 37.4 Å². The van der Waals surface area contributed by atoms with Gasteiger partial charge in [0.2, 0.25) is 0 Å². The first-order valence-electron chi connectivity index (χ1n) is 11.7. The van der Waals surface area contributed by atoms with Gasteiger partial charge in [0.15, 0.2) is 5.11 Å². The van der Waals surface area contributed by atoms with Crippen LogP contribution in [0, 0.1) is 0 Å². The molecule has 6 nitrogen and oxygen atoms in total. The fraction of sp³-hybridized carbons (Fsp3) is 0.214. The Balaban J connectivity index is 1.52. The number of anilines is 1. The van der Waals surface area contributed by atoms with E-state index in [1.807, 2.05) is 92.7 Å². The molecule has 35 heavy (non-hydrogen) atoms. The summed E-state index contributed by atoms with van der Waals surface area (Å²) in [5, 5.41) is 4.08. The van der Waals surface area contributed by atoms with Crippen molar-refractivity contribution < 1.29 is 13.9 Å². The molecule has 5 rings (SSSR count). The van der Waals surface area contributed by atoms with Gasteiger partial charge in [-0.2, -0.15) is 0 Å². The number of hydrogen-bond acceptors (Lipinski definition) is 5. The minimum atomic E-state index is -0.216. The predicted molar refractivity (Wildman–Crippen MR) is 141 cm³/mol. The third-order valence-corrected chi connectivity index (χ3v) is 6.21. The van der Waals surface area contributed by atoms with Crippen LogP contribution in [0.3, 0.4) is 0 Å². The number of ether oxygens (including phenoxy) is 2. The molecule has 4 aromatic rings. The molecule has 0 spiro atoms. The van der Waals surface area contributed by atoms with E-state index in [0.29, 0.717) is 18.3 Å². The summed E-state index contributed by atoms with van der Waals surface area (Å²) in [6.07, 6.45) is 1.80. The smallest absolute Gasteiger partial charge is 0.174 e. The van der Waals surface area contributed by atoms with Crippen molar-refractivity contribution in [3.63, 3.8) is 0 Å². The van der Waals surface area contributed by atoms with E-state index in [0.717, 1.165) is 40.0 Å². The number of hydrogen-bond donors (Lipinski definition) is 1. The van der Waals surface area contributed by atoms with Gasteiger partial charge in [0, 0.05) is 17.4 Å². The number of rotatable bonds is 8. The molecule has 1 aliphatic heterocycles. The van der Waals surface area contributed by atoms with Gasteiger partial charge in [0.1, 0.15) is 29.1 Å². The highest BCUT2D eigenvalue weighted by Gasteiger charge is 2.42. The van der Waals surface area contributed by atoms with E-state index in [2.05, 4.69) is 15.2 Å². The van der Waals surface area contributed by atoms with Crippen LogP contribution in [0.15, 0.2) is 89.5 Å². The number of nitrogens with zero attached hydrogens (tertiary/aromatic N) is 2. The lowest BCUT2D eigenvalue weighted by atomic mass is 10.0. The highest BCUT2D eigenvalue weighted by atomic mass is 32.1. The fourth-order valence-electron chi connectivity index (χ4n) is 4.34. The van der Waals surface area contributed by atoms with Gasteiger partial charge in [0.25, 0.3) is 0 Å². The molecule has 2 atom stereocenters. The van der Waals surface area contributed by atoms with Gasteiger partial charge in [-0.1, -0.05) is 6.07 Å². The first kappa shape index (κ1) is 22.9. The highest BCUT2D eigenvalue weighted by Crippen LogP contribution is 2.43. The summed E-state index contributed by atoms with van der Waals surface area (Å²) in [4.78, 5) is 6.69. The Kier molecular flexibility index (Phi) is 6.68. The van der Waals surface area contributed by atoms with Gasteiger partial charge in [-0.15, -0.1) is 0 Å². The number of thiocarbonyl (C=S) groups is 1. The zero-order valence-corrected chi connectivity index (χ0v) is 20.5. The SMILES string of the molecule is CCOc1ccc(-c2ccc([C@H]3[C@@H](c4ccccn4)NC(=S)N3c3ccc(OCC)cc3)o2)cc1. The van der Waals surface area contributed by atoms with Crippen LogP contribution in [0.4, 0.5) is 5.69 Å². The van der Waals surface area contributed by atoms with Crippen LogP contribution in [0.2, 0.25) is 0 Å². The van der Waals surface area contributed by atoms with Crippen LogP contribution >= 0.6 is 12.2 Å². The topological polar surface area (TPSA) is 59.8 Å². The second-order valence-electron chi connectivity index (χ2n) is 8.08. The van der Waals surface area contributed by atoms with Crippen molar-refractivity contribution in [3.8, 4) is 22.8 Å². The van der Waals surface area contributed by atoms with E-state index in [-0.39, 0.29) is 12.1 Å². The van der Waals surface area contributed by atoms with E-state index < -0.39 is 0 Å². The highest BCUT2D eigenvalue weighted by molar-refractivity contribution is 7.80. The quantitative estimate of drug-likeness (QED) is 0.293. The molecule has 7 heteroatoms. The maximum absolute atomic E-state index is 6.43. The summed E-state index contributed by atoms with van der Waals surface area (Å²) < 4.78 is 17.6.